The molecular weight excluding hydrogens is 359 g/mol. The first-order valence-electron chi connectivity index (χ1n) is 7.68. The Hall–Kier alpha value is -0.580. The fourth-order valence-corrected chi connectivity index (χ4v) is 3.36. The van der Waals surface area contributed by atoms with Gasteiger partial charge in [0.2, 0.25) is 0 Å². The predicted octanol–water partition coefficient (Wildman–Crippen LogP) is 1.53. The molecule has 4 atom stereocenters. The third-order valence-corrected chi connectivity index (χ3v) is 5.32. The van der Waals surface area contributed by atoms with E-state index in [-0.39, 0.29) is 0 Å². The number of fused-ring (bicyclic) bond motifs is 1. The lowest BCUT2D eigenvalue weighted by molar-refractivity contribution is -0.447. The van der Waals surface area contributed by atoms with E-state index in [9.17, 15) is 14.5 Å². The molecule has 2 heterocycles. The molecule has 0 aromatic rings. The second-order valence-electron chi connectivity index (χ2n) is 6.60. The van der Waals surface area contributed by atoms with Gasteiger partial charge in [0.05, 0.1) is 0 Å². The summed E-state index contributed by atoms with van der Waals surface area (Å²) in [5.74, 6) is -3.56. The van der Waals surface area contributed by atoms with Crippen LogP contribution in [0.15, 0.2) is 0 Å². The number of hydrogen-bond donors (Lipinski definition) is 1. The Morgan fingerprint density at radius 3 is 2.04 bits per heavy atom. The first kappa shape index (κ1) is 20.7. The van der Waals surface area contributed by atoms with E-state index < -0.39 is 56.1 Å². The molecule has 2 fully saturated rings. The normalized spacial score (nSPS) is 34.3. The quantitative estimate of drug-likeness (QED) is 0.675. The number of rotatable bonds is 6. The zero-order valence-electron chi connectivity index (χ0n) is 15.1. The fraction of sp³-hybridized carbons (Fsp3) is 0.929. The van der Waals surface area contributed by atoms with Crippen molar-refractivity contribution in [3.05, 3.63) is 0 Å². The highest BCUT2D eigenvalue weighted by molar-refractivity contribution is 7.53. The molecule has 2 aliphatic rings. The lowest BCUT2D eigenvalue weighted by atomic mass is 10.0. The van der Waals surface area contributed by atoms with Crippen molar-refractivity contribution in [1.29, 1.82) is 0 Å². The Morgan fingerprint density at radius 1 is 1.00 bits per heavy atom. The number of aliphatic carboxylic acids is 1. The molecule has 0 aliphatic carbocycles. The van der Waals surface area contributed by atoms with E-state index in [1.807, 2.05) is 0 Å². The Labute approximate surface area is 146 Å². The van der Waals surface area contributed by atoms with Crippen molar-refractivity contribution in [3.8, 4) is 0 Å². The minimum Gasteiger partial charge on any atom is -0.479 e. The second kappa shape index (κ2) is 7.21. The van der Waals surface area contributed by atoms with Crippen molar-refractivity contribution in [1.82, 2.24) is 0 Å². The number of hydrogen-bond acceptors (Lipinski definition) is 9. The summed E-state index contributed by atoms with van der Waals surface area (Å²) in [6, 6.07) is 0. The van der Waals surface area contributed by atoms with Gasteiger partial charge in [-0.3, -0.25) is 4.57 Å². The van der Waals surface area contributed by atoms with Crippen molar-refractivity contribution in [2.75, 3.05) is 20.6 Å². The molecule has 146 valence electrons. The smallest absolute Gasteiger partial charge is 0.355 e. The molecule has 0 spiro atoms. The van der Waals surface area contributed by atoms with Crippen molar-refractivity contribution >= 4 is 13.6 Å². The van der Waals surface area contributed by atoms with E-state index >= 15 is 0 Å². The Morgan fingerprint density at radius 2 is 1.52 bits per heavy atom. The van der Waals surface area contributed by atoms with E-state index in [4.69, 9.17) is 32.7 Å². The van der Waals surface area contributed by atoms with Crippen molar-refractivity contribution in [2.24, 2.45) is 0 Å². The monoisotopic (exact) mass is 384 g/mol. The van der Waals surface area contributed by atoms with Crippen LogP contribution in [0.5, 0.6) is 0 Å². The fourth-order valence-electron chi connectivity index (χ4n) is 2.67. The lowest BCUT2D eigenvalue weighted by Crippen LogP contribution is -2.67. The zero-order chi connectivity index (χ0) is 19.0. The summed E-state index contributed by atoms with van der Waals surface area (Å²) in [6.07, 6.45) is -4.63. The molecule has 0 aromatic heterocycles. The van der Waals surface area contributed by atoms with Gasteiger partial charge < -0.3 is 37.8 Å². The molecule has 2 aliphatic heterocycles. The topological polar surface area (TPSA) is 119 Å². The van der Waals surface area contributed by atoms with Crippen LogP contribution >= 0.6 is 7.60 Å². The zero-order valence-corrected chi connectivity index (χ0v) is 16.0. The molecule has 4 unspecified atom stereocenters. The highest BCUT2D eigenvalue weighted by Gasteiger charge is 2.56. The summed E-state index contributed by atoms with van der Waals surface area (Å²) < 4.78 is 50.1. The molecule has 0 radical (unpaired) electrons. The van der Waals surface area contributed by atoms with Crippen LogP contribution in [-0.2, 0) is 42.1 Å². The average molecular weight is 384 g/mol. The Bertz CT molecular complexity index is 540. The van der Waals surface area contributed by atoms with Gasteiger partial charge in [0.25, 0.3) is 0 Å². The van der Waals surface area contributed by atoms with Gasteiger partial charge in [-0.1, -0.05) is 0 Å². The molecular formula is C14H25O10P. The SMILES string of the molecule is COP(=O)(COC1OC(C)(C)OC2C(C(=O)O)OC(C)(C)OC12)OC. The molecule has 0 saturated carbocycles. The summed E-state index contributed by atoms with van der Waals surface area (Å²) in [6.45, 7) is 6.35. The van der Waals surface area contributed by atoms with Crippen molar-refractivity contribution < 1.29 is 47.2 Å². The summed E-state index contributed by atoms with van der Waals surface area (Å²) in [4.78, 5) is 11.6. The molecule has 2 saturated heterocycles. The van der Waals surface area contributed by atoms with Gasteiger partial charge in [-0.2, -0.15) is 0 Å². The molecule has 1 N–H and O–H groups in total. The van der Waals surface area contributed by atoms with E-state index in [1.54, 1.807) is 27.7 Å². The third-order valence-electron chi connectivity index (χ3n) is 3.74. The number of ether oxygens (including phenoxy) is 5. The maximum absolute atomic E-state index is 12.2. The number of carboxylic acids is 1. The van der Waals surface area contributed by atoms with Crippen molar-refractivity contribution in [2.45, 2.75) is 63.9 Å². The highest BCUT2D eigenvalue weighted by Crippen LogP contribution is 2.47. The van der Waals surface area contributed by atoms with E-state index in [0.717, 1.165) is 0 Å². The molecule has 2 rings (SSSR count). The third kappa shape index (κ3) is 4.78. The van der Waals surface area contributed by atoms with Gasteiger partial charge in [-0.05, 0) is 27.7 Å². The summed E-state index contributed by atoms with van der Waals surface area (Å²) in [7, 11) is -0.978. The molecule has 11 heteroatoms. The largest absolute Gasteiger partial charge is 0.479 e. The molecule has 0 aromatic carbocycles. The Balaban J connectivity index is 2.25. The van der Waals surface area contributed by atoms with E-state index in [1.165, 1.54) is 14.2 Å². The van der Waals surface area contributed by atoms with E-state index in [0.29, 0.717) is 0 Å². The van der Waals surface area contributed by atoms with Crippen LogP contribution in [0.25, 0.3) is 0 Å². The minimum atomic E-state index is -3.45. The minimum absolute atomic E-state index is 0.396. The van der Waals surface area contributed by atoms with Crippen LogP contribution in [0.3, 0.4) is 0 Å². The van der Waals surface area contributed by atoms with Crippen LogP contribution < -0.4 is 0 Å². The van der Waals surface area contributed by atoms with Crippen LogP contribution in [-0.4, -0.2) is 67.8 Å². The van der Waals surface area contributed by atoms with E-state index in [2.05, 4.69) is 0 Å². The summed E-state index contributed by atoms with van der Waals surface area (Å²) in [5.41, 5.74) is 0. The molecule has 25 heavy (non-hydrogen) atoms. The maximum Gasteiger partial charge on any atom is 0.355 e. The van der Waals surface area contributed by atoms with Gasteiger partial charge in [0.1, 0.15) is 12.2 Å². The number of carboxylic acid groups (broad SMARTS) is 1. The van der Waals surface area contributed by atoms with Crippen LogP contribution in [0, 0.1) is 0 Å². The van der Waals surface area contributed by atoms with Crippen LogP contribution in [0.2, 0.25) is 0 Å². The lowest BCUT2D eigenvalue weighted by Gasteiger charge is -2.52. The summed E-state index contributed by atoms with van der Waals surface area (Å²) >= 11 is 0. The molecule has 0 amide bonds. The van der Waals surface area contributed by atoms with Gasteiger partial charge in [0.15, 0.2) is 30.3 Å². The Kier molecular flexibility index (Phi) is 5.97. The van der Waals surface area contributed by atoms with Crippen LogP contribution in [0.4, 0.5) is 0 Å². The average Bonchev–Trinajstić information content (AvgIpc) is 2.51. The summed E-state index contributed by atoms with van der Waals surface area (Å²) in [5, 5.41) is 9.47. The van der Waals surface area contributed by atoms with Crippen molar-refractivity contribution in [3.63, 3.8) is 0 Å². The standard InChI is InChI=1S/C14H25O10P/c1-13(2)22-9(11(15)16)8-10(23-13)12(24-14(3,4)21-8)20-7-25(17,18-5)19-6/h8-10,12H,7H2,1-6H3,(H,15,16). The highest BCUT2D eigenvalue weighted by atomic mass is 31.2. The first-order valence-corrected chi connectivity index (χ1v) is 9.41. The van der Waals surface area contributed by atoms with Gasteiger partial charge >= 0.3 is 13.6 Å². The molecule has 10 nitrogen and oxygen atoms in total. The second-order valence-corrected chi connectivity index (χ2v) is 8.81. The molecule has 0 bridgehead atoms. The first-order chi connectivity index (χ1) is 11.4. The predicted molar refractivity (Wildman–Crippen MR) is 82.9 cm³/mol. The van der Waals surface area contributed by atoms with Crippen LogP contribution in [0.1, 0.15) is 27.7 Å². The van der Waals surface area contributed by atoms with Gasteiger partial charge in [0, 0.05) is 14.2 Å². The van der Waals surface area contributed by atoms with Gasteiger partial charge in [-0.25, -0.2) is 4.79 Å². The maximum atomic E-state index is 12.2. The number of carbonyl (C=O) groups is 1. The van der Waals surface area contributed by atoms with Gasteiger partial charge in [-0.15, -0.1) is 0 Å².